The molecule has 2 heterocycles. The van der Waals surface area contributed by atoms with Gasteiger partial charge in [-0.1, -0.05) is 6.07 Å². The molecular formula is C18H24N5O3S+. The van der Waals surface area contributed by atoms with Crippen LogP contribution in [0.2, 0.25) is 0 Å². The van der Waals surface area contributed by atoms with Crippen LogP contribution in [0.15, 0.2) is 21.9 Å². The molecule has 3 rings (SSSR count). The topological polar surface area (TPSA) is 105 Å². The van der Waals surface area contributed by atoms with Gasteiger partial charge in [0.25, 0.3) is 17.7 Å². The van der Waals surface area contributed by atoms with Gasteiger partial charge in [-0.3, -0.25) is 4.79 Å². The molecule has 2 aromatic heterocycles. The van der Waals surface area contributed by atoms with Gasteiger partial charge in [0, 0.05) is 7.11 Å². The van der Waals surface area contributed by atoms with Crippen molar-refractivity contribution in [1.29, 1.82) is 5.26 Å². The SMILES string of the molecule is COCC[NH+](CC(=O)NC1(C#N)CCCC1)Cc1nnc(-c2cccs2)o1. The Morgan fingerprint density at radius 2 is 2.30 bits per heavy atom. The largest absolute Gasteiger partial charge is 0.414 e. The number of nitriles is 1. The summed E-state index contributed by atoms with van der Waals surface area (Å²) < 4.78 is 10.9. The maximum absolute atomic E-state index is 12.5. The first-order chi connectivity index (χ1) is 13.1. The molecule has 2 aromatic rings. The summed E-state index contributed by atoms with van der Waals surface area (Å²) >= 11 is 1.53. The molecule has 0 aliphatic heterocycles. The van der Waals surface area contributed by atoms with Crippen molar-refractivity contribution in [2.24, 2.45) is 0 Å². The van der Waals surface area contributed by atoms with Crippen molar-refractivity contribution in [2.75, 3.05) is 26.8 Å². The lowest BCUT2D eigenvalue weighted by Gasteiger charge is -2.24. The van der Waals surface area contributed by atoms with Crippen molar-refractivity contribution in [1.82, 2.24) is 15.5 Å². The van der Waals surface area contributed by atoms with Crippen LogP contribution in [0.5, 0.6) is 0 Å². The quantitative estimate of drug-likeness (QED) is 0.656. The first-order valence-electron chi connectivity index (χ1n) is 9.05. The van der Waals surface area contributed by atoms with Gasteiger partial charge in [-0.25, -0.2) is 0 Å². The molecule has 144 valence electrons. The van der Waals surface area contributed by atoms with Gasteiger partial charge in [0.1, 0.15) is 12.1 Å². The molecule has 1 unspecified atom stereocenters. The fourth-order valence-electron chi connectivity index (χ4n) is 3.31. The Hall–Kier alpha value is -2.28. The monoisotopic (exact) mass is 390 g/mol. The van der Waals surface area contributed by atoms with E-state index in [1.54, 1.807) is 7.11 Å². The number of rotatable bonds is 9. The number of carbonyl (C=O) groups is 1. The normalized spacial score (nSPS) is 16.7. The summed E-state index contributed by atoms with van der Waals surface area (Å²) in [6.07, 6.45) is 3.39. The molecule has 1 amide bonds. The number of methoxy groups -OCH3 is 1. The van der Waals surface area contributed by atoms with Gasteiger partial charge in [0.15, 0.2) is 13.1 Å². The summed E-state index contributed by atoms with van der Waals surface area (Å²) in [7, 11) is 1.63. The molecular weight excluding hydrogens is 366 g/mol. The van der Waals surface area contributed by atoms with Crippen LogP contribution in [0.4, 0.5) is 0 Å². The lowest BCUT2D eigenvalue weighted by atomic mass is 10.00. The number of aromatic nitrogens is 2. The van der Waals surface area contributed by atoms with Crippen molar-refractivity contribution in [3.8, 4) is 16.8 Å². The Bertz CT molecular complexity index is 777. The number of nitrogens with one attached hydrogen (secondary N) is 2. The fraction of sp³-hybridized carbons (Fsp3) is 0.556. The van der Waals surface area contributed by atoms with E-state index in [1.165, 1.54) is 11.3 Å². The molecule has 0 spiro atoms. The molecule has 1 saturated carbocycles. The van der Waals surface area contributed by atoms with Crippen molar-refractivity contribution < 1.29 is 18.8 Å². The average molecular weight is 390 g/mol. The van der Waals surface area contributed by atoms with Crippen LogP contribution in [-0.2, 0) is 16.1 Å². The zero-order chi connectivity index (χ0) is 19.1. The third-order valence-corrected chi connectivity index (χ3v) is 5.58. The number of hydrogen-bond donors (Lipinski definition) is 2. The molecule has 1 atom stereocenters. The Labute approximate surface area is 162 Å². The van der Waals surface area contributed by atoms with Gasteiger partial charge >= 0.3 is 0 Å². The highest BCUT2D eigenvalue weighted by Crippen LogP contribution is 2.28. The van der Waals surface area contributed by atoms with E-state index >= 15 is 0 Å². The third-order valence-electron chi connectivity index (χ3n) is 4.72. The standard InChI is InChI=1S/C18H23N5O3S/c1-25-9-8-23(11-15(24)20-18(13-19)6-2-3-7-18)12-16-21-22-17(26-16)14-5-4-10-27-14/h4-5,10H,2-3,6-9,11-12H2,1H3,(H,20,24)/p+1. The van der Waals surface area contributed by atoms with E-state index in [0.717, 1.165) is 35.5 Å². The van der Waals surface area contributed by atoms with E-state index < -0.39 is 5.54 Å². The molecule has 1 aliphatic rings. The van der Waals surface area contributed by atoms with Crippen LogP contribution >= 0.6 is 11.3 Å². The van der Waals surface area contributed by atoms with E-state index in [0.29, 0.717) is 31.5 Å². The van der Waals surface area contributed by atoms with E-state index in [-0.39, 0.29) is 12.5 Å². The minimum atomic E-state index is -0.708. The highest BCUT2D eigenvalue weighted by atomic mass is 32.1. The molecule has 8 nitrogen and oxygen atoms in total. The Kier molecular flexibility index (Phi) is 6.55. The minimum Gasteiger partial charge on any atom is -0.414 e. The summed E-state index contributed by atoms with van der Waals surface area (Å²) in [5.74, 6) is 0.834. The lowest BCUT2D eigenvalue weighted by molar-refractivity contribution is -0.907. The Balaban J connectivity index is 1.61. The van der Waals surface area contributed by atoms with Crippen LogP contribution in [0.1, 0.15) is 31.6 Å². The number of amides is 1. The second-order valence-corrected chi connectivity index (χ2v) is 7.72. The number of thiophene rings is 1. The summed E-state index contributed by atoms with van der Waals surface area (Å²) in [4.78, 5) is 14.4. The van der Waals surface area contributed by atoms with Crippen molar-refractivity contribution >= 4 is 17.2 Å². The smallest absolute Gasteiger partial charge is 0.276 e. The second-order valence-electron chi connectivity index (χ2n) is 6.77. The molecule has 9 heteroatoms. The summed E-state index contributed by atoms with van der Waals surface area (Å²) in [6, 6.07) is 6.14. The van der Waals surface area contributed by atoms with Crippen LogP contribution in [-0.4, -0.2) is 48.4 Å². The molecule has 0 aromatic carbocycles. The van der Waals surface area contributed by atoms with E-state index in [2.05, 4.69) is 21.6 Å². The Morgan fingerprint density at radius 3 is 2.96 bits per heavy atom. The second kappa shape index (κ2) is 9.08. The highest BCUT2D eigenvalue weighted by Gasteiger charge is 2.36. The zero-order valence-electron chi connectivity index (χ0n) is 15.4. The predicted molar refractivity (Wildman–Crippen MR) is 98.8 cm³/mol. The first kappa shape index (κ1) is 19.5. The number of hydrogen-bond acceptors (Lipinski definition) is 7. The van der Waals surface area contributed by atoms with Crippen molar-refractivity contribution in [3.05, 3.63) is 23.4 Å². The van der Waals surface area contributed by atoms with Gasteiger partial charge in [-0.2, -0.15) is 5.26 Å². The number of carbonyl (C=O) groups excluding carboxylic acids is 1. The van der Waals surface area contributed by atoms with E-state index in [9.17, 15) is 10.1 Å². The summed E-state index contributed by atoms with van der Waals surface area (Å²) in [5.41, 5.74) is -0.708. The predicted octanol–water partition coefficient (Wildman–Crippen LogP) is 0.782. The van der Waals surface area contributed by atoms with Crippen LogP contribution in [0.25, 0.3) is 10.8 Å². The molecule has 0 radical (unpaired) electrons. The molecule has 1 fully saturated rings. The maximum atomic E-state index is 12.5. The van der Waals surface area contributed by atoms with Crippen molar-refractivity contribution in [2.45, 2.75) is 37.8 Å². The van der Waals surface area contributed by atoms with Crippen LogP contribution in [0.3, 0.4) is 0 Å². The molecule has 0 bridgehead atoms. The number of nitrogens with zero attached hydrogens (tertiary/aromatic N) is 3. The molecule has 2 N–H and O–H groups in total. The van der Waals surface area contributed by atoms with Crippen LogP contribution in [0, 0.1) is 11.3 Å². The van der Waals surface area contributed by atoms with E-state index in [4.69, 9.17) is 9.15 Å². The number of ether oxygens (including phenoxy) is 1. The molecule has 1 aliphatic carbocycles. The average Bonchev–Trinajstić information content (AvgIpc) is 3.41. The minimum absolute atomic E-state index is 0.137. The molecule has 0 saturated heterocycles. The lowest BCUT2D eigenvalue weighted by Crippen LogP contribution is -3.12. The number of quaternary nitrogens is 1. The summed E-state index contributed by atoms with van der Waals surface area (Å²) in [6.45, 7) is 1.79. The van der Waals surface area contributed by atoms with Gasteiger partial charge in [0.2, 0.25) is 0 Å². The maximum Gasteiger partial charge on any atom is 0.276 e. The van der Waals surface area contributed by atoms with Gasteiger partial charge < -0.3 is 19.4 Å². The first-order valence-corrected chi connectivity index (χ1v) is 9.93. The zero-order valence-corrected chi connectivity index (χ0v) is 16.2. The van der Waals surface area contributed by atoms with Crippen molar-refractivity contribution in [3.63, 3.8) is 0 Å². The van der Waals surface area contributed by atoms with Gasteiger partial charge in [0.05, 0.1) is 17.6 Å². The van der Waals surface area contributed by atoms with Gasteiger partial charge in [-0.15, -0.1) is 21.5 Å². The Morgan fingerprint density at radius 1 is 1.48 bits per heavy atom. The van der Waals surface area contributed by atoms with Gasteiger partial charge in [-0.05, 0) is 37.1 Å². The van der Waals surface area contributed by atoms with Crippen LogP contribution < -0.4 is 10.2 Å². The summed E-state index contributed by atoms with van der Waals surface area (Å²) in [5, 5.41) is 22.5. The molecule has 27 heavy (non-hydrogen) atoms. The third kappa shape index (κ3) is 5.13. The van der Waals surface area contributed by atoms with E-state index in [1.807, 2.05) is 17.5 Å². The fourth-order valence-corrected chi connectivity index (χ4v) is 3.95. The highest BCUT2D eigenvalue weighted by molar-refractivity contribution is 7.13.